The Balaban J connectivity index is 2.50. The van der Waals surface area contributed by atoms with Crippen molar-refractivity contribution in [2.24, 2.45) is 0 Å². The van der Waals surface area contributed by atoms with E-state index in [1.165, 1.54) is 17.5 Å². The molecular weight excluding hydrogens is 285 g/mol. The zero-order valence-corrected chi connectivity index (χ0v) is 11.5. The summed E-state index contributed by atoms with van der Waals surface area (Å²) in [4.78, 5) is -0.139. The fraction of sp³-hybridized carbons (Fsp3) is 0.200. The molecule has 20 heavy (non-hydrogen) atoms. The summed E-state index contributed by atoms with van der Waals surface area (Å²) >= 11 is 0.879. The number of aliphatic hydroxyl groups is 1. The molecule has 2 aromatic rings. The Kier molecular flexibility index (Phi) is 4.01. The summed E-state index contributed by atoms with van der Waals surface area (Å²) in [6, 6.07) is 11.4. The standard InChI is InChI=1S/C15H13F3OS/c1-11(12-6-3-2-4-7-12)10-14(19,15(16,17)18)13-8-5-9-20-13/h2-10,19H,1H3/t14-/m0/s1. The lowest BCUT2D eigenvalue weighted by molar-refractivity contribution is -0.243. The van der Waals surface area contributed by atoms with Gasteiger partial charge in [0.1, 0.15) is 0 Å². The number of rotatable bonds is 3. The van der Waals surface area contributed by atoms with E-state index in [4.69, 9.17) is 0 Å². The first-order valence-electron chi connectivity index (χ1n) is 5.92. The average Bonchev–Trinajstić information content (AvgIpc) is 2.92. The maximum atomic E-state index is 13.3. The van der Waals surface area contributed by atoms with Crippen LogP contribution in [-0.4, -0.2) is 11.3 Å². The molecule has 0 radical (unpaired) electrons. The largest absolute Gasteiger partial charge is 0.425 e. The minimum Gasteiger partial charge on any atom is -0.372 e. The fourth-order valence-electron chi connectivity index (χ4n) is 1.89. The van der Waals surface area contributed by atoms with E-state index in [0.29, 0.717) is 11.1 Å². The fourth-order valence-corrected chi connectivity index (χ4v) is 2.70. The molecule has 0 aliphatic carbocycles. The van der Waals surface area contributed by atoms with Crippen molar-refractivity contribution >= 4 is 16.9 Å². The molecule has 0 unspecified atom stereocenters. The molecule has 2 rings (SSSR count). The molecule has 0 fully saturated rings. The third kappa shape index (κ3) is 2.78. The number of halogens is 3. The van der Waals surface area contributed by atoms with Gasteiger partial charge in [0.25, 0.3) is 0 Å². The molecule has 0 bridgehead atoms. The number of allylic oxidation sites excluding steroid dienone is 1. The lowest BCUT2D eigenvalue weighted by Crippen LogP contribution is -2.40. The van der Waals surface area contributed by atoms with Crippen LogP contribution in [-0.2, 0) is 5.60 Å². The van der Waals surface area contributed by atoms with E-state index >= 15 is 0 Å². The van der Waals surface area contributed by atoms with Gasteiger partial charge in [-0.2, -0.15) is 13.2 Å². The van der Waals surface area contributed by atoms with Crippen LogP contribution in [0.3, 0.4) is 0 Å². The van der Waals surface area contributed by atoms with Crippen molar-refractivity contribution in [3.8, 4) is 0 Å². The van der Waals surface area contributed by atoms with Gasteiger partial charge < -0.3 is 5.11 Å². The molecule has 1 aromatic carbocycles. The number of hydrogen-bond acceptors (Lipinski definition) is 2. The SMILES string of the molecule is CC(=C[C@](O)(c1cccs1)C(F)(F)F)c1ccccc1. The second-order valence-electron chi connectivity index (χ2n) is 4.43. The molecule has 0 aliphatic rings. The van der Waals surface area contributed by atoms with E-state index in [1.807, 2.05) is 0 Å². The second-order valence-corrected chi connectivity index (χ2v) is 5.38. The highest BCUT2D eigenvalue weighted by Gasteiger charge is 2.54. The van der Waals surface area contributed by atoms with E-state index in [1.54, 1.807) is 37.3 Å². The van der Waals surface area contributed by atoms with Gasteiger partial charge in [0.2, 0.25) is 5.60 Å². The summed E-state index contributed by atoms with van der Waals surface area (Å²) in [5.74, 6) is 0. The van der Waals surface area contributed by atoms with E-state index in [2.05, 4.69) is 0 Å². The smallest absolute Gasteiger partial charge is 0.372 e. The predicted octanol–water partition coefficient (Wildman–Crippen LogP) is 4.60. The van der Waals surface area contributed by atoms with Crippen molar-refractivity contribution in [3.05, 3.63) is 64.4 Å². The second kappa shape index (κ2) is 5.42. The van der Waals surface area contributed by atoms with Crippen LogP contribution >= 0.6 is 11.3 Å². The minimum atomic E-state index is -4.77. The molecule has 1 N–H and O–H groups in total. The zero-order valence-electron chi connectivity index (χ0n) is 10.7. The molecule has 1 heterocycles. The summed E-state index contributed by atoms with van der Waals surface area (Å²) < 4.78 is 39.8. The van der Waals surface area contributed by atoms with Crippen LogP contribution in [0.4, 0.5) is 13.2 Å². The minimum absolute atomic E-state index is 0.139. The van der Waals surface area contributed by atoms with E-state index < -0.39 is 11.8 Å². The monoisotopic (exact) mass is 298 g/mol. The van der Waals surface area contributed by atoms with E-state index in [0.717, 1.165) is 17.4 Å². The Labute approximate surface area is 119 Å². The first-order valence-corrected chi connectivity index (χ1v) is 6.80. The van der Waals surface area contributed by atoms with Crippen LogP contribution in [0.2, 0.25) is 0 Å². The Morgan fingerprint density at radius 1 is 1.10 bits per heavy atom. The van der Waals surface area contributed by atoms with Gasteiger partial charge in [-0.1, -0.05) is 36.4 Å². The van der Waals surface area contributed by atoms with Gasteiger partial charge in [-0.3, -0.25) is 0 Å². The Hall–Kier alpha value is -1.59. The molecule has 106 valence electrons. The lowest BCUT2D eigenvalue weighted by Gasteiger charge is -2.27. The summed E-state index contributed by atoms with van der Waals surface area (Å²) in [5.41, 5.74) is -1.94. The van der Waals surface area contributed by atoms with E-state index in [-0.39, 0.29) is 4.88 Å². The summed E-state index contributed by atoms with van der Waals surface area (Å²) in [5, 5.41) is 11.7. The predicted molar refractivity (Wildman–Crippen MR) is 74.4 cm³/mol. The maximum Gasteiger partial charge on any atom is 0.425 e. The van der Waals surface area contributed by atoms with Crippen molar-refractivity contribution in [1.29, 1.82) is 0 Å². The highest BCUT2D eigenvalue weighted by atomic mass is 32.1. The van der Waals surface area contributed by atoms with Gasteiger partial charge >= 0.3 is 6.18 Å². The molecule has 0 amide bonds. The summed E-state index contributed by atoms with van der Waals surface area (Å²) in [6.45, 7) is 1.56. The first-order chi connectivity index (χ1) is 9.34. The van der Waals surface area contributed by atoms with Gasteiger partial charge in [0.15, 0.2) is 0 Å². The highest BCUT2D eigenvalue weighted by molar-refractivity contribution is 7.10. The Morgan fingerprint density at radius 3 is 2.25 bits per heavy atom. The van der Waals surface area contributed by atoms with Gasteiger partial charge in [-0.15, -0.1) is 11.3 Å². The molecular formula is C15H13F3OS. The topological polar surface area (TPSA) is 20.2 Å². The molecule has 1 nitrogen and oxygen atoms in total. The highest BCUT2D eigenvalue weighted by Crippen LogP contribution is 2.43. The normalized spacial score (nSPS) is 15.9. The van der Waals surface area contributed by atoms with Gasteiger partial charge in [0.05, 0.1) is 0 Å². The molecule has 1 atom stereocenters. The summed E-state index contributed by atoms with van der Waals surface area (Å²) in [6.07, 6.45) is -3.90. The molecule has 0 spiro atoms. The number of alkyl halides is 3. The maximum absolute atomic E-state index is 13.3. The van der Waals surface area contributed by atoms with Crippen LogP contribution in [0.25, 0.3) is 5.57 Å². The van der Waals surface area contributed by atoms with Crippen LogP contribution in [0.15, 0.2) is 53.9 Å². The Morgan fingerprint density at radius 2 is 1.75 bits per heavy atom. The zero-order chi connectivity index (χ0) is 14.8. The third-order valence-electron chi connectivity index (χ3n) is 2.98. The quantitative estimate of drug-likeness (QED) is 0.878. The number of thiophene rings is 1. The van der Waals surface area contributed by atoms with Crippen molar-refractivity contribution in [2.75, 3.05) is 0 Å². The van der Waals surface area contributed by atoms with Gasteiger partial charge in [-0.25, -0.2) is 0 Å². The molecule has 0 saturated heterocycles. The van der Waals surface area contributed by atoms with Crippen molar-refractivity contribution in [2.45, 2.75) is 18.7 Å². The number of benzene rings is 1. The number of hydrogen-bond donors (Lipinski definition) is 1. The van der Waals surface area contributed by atoms with E-state index in [9.17, 15) is 18.3 Å². The van der Waals surface area contributed by atoms with Crippen LogP contribution in [0.1, 0.15) is 17.4 Å². The van der Waals surface area contributed by atoms with Gasteiger partial charge in [0, 0.05) is 4.88 Å². The summed E-state index contributed by atoms with van der Waals surface area (Å²) in [7, 11) is 0. The molecule has 0 aliphatic heterocycles. The van der Waals surface area contributed by atoms with Crippen molar-refractivity contribution < 1.29 is 18.3 Å². The van der Waals surface area contributed by atoms with Gasteiger partial charge in [-0.05, 0) is 35.6 Å². The van der Waals surface area contributed by atoms with Crippen molar-refractivity contribution in [3.63, 3.8) is 0 Å². The first kappa shape index (κ1) is 14.8. The molecule has 0 saturated carbocycles. The van der Waals surface area contributed by atoms with Crippen LogP contribution < -0.4 is 0 Å². The van der Waals surface area contributed by atoms with Crippen LogP contribution in [0.5, 0.6) is 0 Å². The molecule has 5 heteroatoms. The van der Waals surface area contributed by atoms with Crippen LogP contribution in [0, 0.1) is 0 Å². The Bertz CT molecular complexity index is 587. The average molecular weight is 298 g/mol. The lowest BCUT2D eigenvalue weighted by atomic mass is 9.95. The molecule has 1 aromatic heterocycles. The van der Waals surface area contributed by atoms with Crippen molar-refractivity contribution in [1.82, 2.24) is 0 Å². The third-order valence-corrected chi connectivity index (χ3v) is 3.98.